The number of hydrazine groups is 1. The minimum atomic E-state index is -4.67. The Balaban J connectivity index is -0.0000000286. The van der Waals surface area contributed by atoms with Crippen molar-refractivity contribution in [1.82, 2.24) is 0 Å². The summed E-state index contributed by atoms with van der Waals surface area (Å²) in [6.45, 7) is 0. The molecule has 0 aliphatic heterocycles. The van der Waals surface area contributed by atoms with E-state index in [2.05, 4.69) is 11.7 Å². The van der Waals surface area contributed by atoms with Crippen molar-refractivity contribution in [3.05, 3.63) is 0 Å². The van der Waals surface area contributed by atoms with Gasteiger partial charge in [-0.15, -0.1) is 0 Å². The van der Waals surface area contributed by atoms with Gasteiger partial charge in [-0.25, -0.2) is 0 Å². The molecule has 0 fully saturated rings. The van der Waals surface area contributed by atoms with Crippen LogP contribution < -0.4 is 11.7 Å². The molecule has 9 heteroatoms. The molecule has 0 radical (unpaired) electrons. The van der Waals surface area contributed by atoms with Crippen LogP contribution in [0.3, 0.4) is 0 Å². The summed E-state index contributed by atoms with van der Waals surface area (Å²) in [5.41, 5.74) is 0. The SMILES string of the molecule is NN.O=S(=O)(O)O.[AlH3].[KH]. The Kier molecular flexibility index (Phi) is 31.5. The normalized spacial score (nSPS) is 7.11. The first-order chi connectivity index (χ1) is 3.00. The van der Waals surface area contributed by atoms with E-state index in [9.17, 15) is 0 Å². The zero-order valence-electron chi connectivity index (χ0n) is 3.27. The first-order valence-corrected chi connectivity index (χ1v) is 2.43. The van der Waals surface area contributed by atoms with E-state index in [1.54, 1.807) is 0 Å². The fourth-order valence-corrected chi connectivity index (χ4v) is 0. The van der Waals surface area contributed by atoms with Crippen LogP contribution in [0.25, 0.3) is 0 Å². The number of hydrogen-bond acceptors (Lipinski definition) is 4. The molecule has 0 saturated carbocycles. The van der Waals surface area contributed by atoms with Gasteiger partial charge in [0.1, 0.15) is 0 Å². The van der Waals surface area contributed by atoms with Gasteiger partial charge < -0.3 is 0 Å². The molecule has 6 N–H and O–H groups in total. The summed E-state index contributed by atoms with van der Waals surface area (Å²) in [5.74, 6) is 8.00. The zero-order chi connectivity index (χ0) is 6.50. The summed E-state index contributed by atoms with van der Waals surface area (Å²) in [5, 5.41) is 0. The maximum absolute atomic E-state index is 8.74. The van der Waals surface area contributed by atoms with Crippen molar-refractivity contribution in [3.63, 3.8) is 0 Å². The van der Waals surface area contributed by atoms with Crippen LogP contribution in [0.4, 0.5) is 0 Å². The predicted molar refractivity (Wildman–Crippen MR) is 39.6 cm³/mol. The standard InChI is InChI=1S/Al.K.H4N2.H2O4S.4H/c;;1-2;1-5(2,3)4;;;;/h;;1-2H2;(H2,1,2,3,4);;;;. The molecule has 0 aliphatic rings. The average molecular weight is 200 g/mol. The molecule has 0 atom stereocenters. The molecule has 0 rings (SSSR count). The third kappa shape index (κ3) is 164. The predicted octanol–water partition coefficient (Wildman–Crippen LogP) is -3.67. The van der Waals surface area contributed by atoms with Crippen LogP contribution in [0, 0.1) is 0 Å². The molecule has 0 spiro atoms. The van der Waals surface area contributed by atoms with Crippen LogP contribution in [0.2, 0.25) is 0 Å². The van der Waals surface area contributed by atoms with E-state index in [4.69, 9.17) is 17.5 Å². The van der Waals surface area contributed by atoms with Gasteiger partial charge in [0.25, 0.3) is 0 Å². The second-order valence-electron chi connectivity index (χ2n) is 0.448. The fraction of sp³-hybridized carbons (Fsp3) is 0. The van der Waals surface area contributed by atoms with Crippen LogP contribution in [0.5, 0.6) is 0 Å². The zero-order valence-corrected chi connectivity index (χ0v) is 4.09. The minimum absolute atomic E-state index is 0. The Bertz CT molecular complexity index is 102. The first-order valence-electron chi connectivity index (χ1n) is 1.03. The van der Waals surface area contributed by atoms with Gasteiger partial charge in [-0.1, -0.05) is 0 Å². The Hall–Kier alpha value is 1.96. The first kappa shape index (κ1) is 22.4. The maximum atomic E-state index is 8.74. The Morgan fingerprint density at radius 3 is 1.11 bits per heavy atom. The molecule has 6 nitrogen and oxygen atoms in total. The molecule has 0 heterocycles. The van der Waals surface area contributed by atoms with Gasteiger partial charge in [0.05, 0.1) is 0 Å². The van der Waals surface area contributed by atoms with Gasteiger partial charge >= 0.3 is 61.8 Å². The molecule has 0 unspecified atom stereocenters. The Morgan fingerprint density at radius 1 is 1.11 bits per heavy atom. The van der Waals surface area contributed by atoms with E-state index in [1.165, 1.54) is 0 Å². The molecule has 0 aromatic carbocycles. The number of hydrogen-bond donors (Lipinski definition) is 4. The van der Waals surface area contributed by atoms with Crippen LogP contribution in [0.15, 0.2) is 0 Å². The molecule has 0 amide bonds. The number of nitrogens with two attached hydrogens (primary N) is 2. The molecule has 0 aromatic rings. The van der Waals surface area contributed by atoms with Crippen molar-refractivity contribution in [2.24, 2.45) is 11.7 Å². The second kappa shape index (κ2) is 12.6. The van der Waals surface area contributed by atoms with Crippen molar-refractivity contribution in [3.8, 4) is 0 Å². The van der Waals surface area contributed by atoms with Gasteiger partial charge in [0, 0.05) is 0 Å². The van der Waals surface area contributed by atoms with E-state index >= 15 is 0 Å². The second-order valence-corrected chi connectivity index (χ2v) is 1.34. The van der Waals surface area contributed by atoms with Crippen molar-refractivity contribution in [2.75, 3.05) is 0 Å². The van der Waals surface area contributed by atoms with Gasteiger partial charge in [-0.3, -0.25) is 20.8 Å². The summed E-state index contributed by atoms with van der Waals surface area (Å²) < 4.78 is 31.6. The Labute approximate surface area is 106 Å². The van der Waals surface area contributed by atoms with Crippen molar-refractivity contribution >= 4 is 79.1 Å². The number of rotatable bonds is 0. The summed E-state index contributed by atoms with van der Waals surface area (Å²) in [6.07, 6.45) is 0. The monoisotopic (exact) mass is 200 g/mol. The molecular weight excluding hydrogens is 190 g/mol. The van der Waals surface area contributed by atoms with E-state index in [1.807, 2.05) is 0 Å². The van der Waals surface area contributed by atoms with Crippen molar-refractivity contribution < 1.29 is 17.5 Å². The third-order valence-corrected chi connectivity index (χ3v) is 0. The van der Waals surface area contributed by atoms with E-state index in [0.717, 1.165) is 0 Å². The average Bonchev–Trinajstić information content (AvgIpc) is 1.36. The van der Waals surface area contributed by atoms with Gasteiger partial charge in [0.15, 0.2) is 17.4 Å². The molecule has 0 bridgehead atoms. The molecular formula is H10AlKN2O4S. The Morgan fingerprint density at radius 2 is 1.11 bits per heavy atom. The molecule has 9 heavy (non-hydrogen) atoms. The van der Waals surface area contributed by atoms with Crippen LogP contribution in [-0.2, 0) is 10.4 Å². The molecule has 54 valence electrons. The van der Waals surface area contributed by atoms with Crippen LogP contribution >= 0.6 is 0 Å². The summed E-state index contributed by atoms with van der Waals surface area (Å²) in [6, 6.07) is 0. The van der Waals surface area contributed by atoms with Crippen molar-refractivity contribution in [2.45, 2.75) is 0 Å². The van der Waals surface area contributed by atoms with Gasteiger partial charge in [-0.05, 0) is 0 Å². The van der Waals surface area contributed by atoms with Gasteiger partial charge in [0.2, 0.25) is 0 Å². The van der Waals surface area contributed by atoms with E-state index < -0.39 is 10.4 Å². The quantitative estimate of drug-likeness (QED) is 0.138. The molecule has 0 saturated heterocycles. The topological polar surface area (TPSA) is 127 Å². The third-order valence-electron chi connectivity index (χ3n) is 0. The van der Waals surface area contributed by atoms with Crippen LogP contribution in [0.1, 0.15) is 0 Å². The molecule has 0 aliphatic carbocycles. The summed E-state index contributed by atoms with van der Waals surface area (Å²) >= 11 is 0. The van der Waals surface area contributed by atoms with E-state index in [-0.39, 0.29) is 68.7 Å². The fourth-order valence-electron chi connectivity index (χ4n) is 0. The van der Waals surface area contributed by atoms with Crippen LogP contribution in [-0.4, -0.2) is 86.3 Å². The van der Waals surface area contributed by atoms with Gasteiger partial charge in [-0.2, -0.15) is 8.42 Å². The van der Waals surface area contributed by atoms with Crippen molar-refractivity contribution in [1.29, 1.82) is 0 Å². The molecule has 0 aromatic heterocycles. The summed E-state index contributed by atoms with van der Waals surface area (Å²) in [4.78, 5) is 0. The van der Waals surface area contributed by atoms with E-state index in [0.29, 0.717) is 0 Å². The summed E-state index contributed by atoms with van der Waals surface area (Å²) in [7, 11) is -4.67.